The topological polar surface area (TPSA) is 73.9 Å². The van der Waals surface area contributed by atoms with Gasteiger partial charge >= 0.3 is 0 Å². The van der Waals surface area contributed by atoms with Gasteiger partial charge in [0, 0.05) is 30.4 Å². The molecule has 3 heterocycles. The molecule has 0 aromatic carbocycles. The SMILES string of the molecule is C=C/C(=C1/C=CC=CN1C)c1nc2[nH]nc(NC(=O)C3CC3)c2cc1F. The predicted molar refractivity (Wildman–Crippen MR) is 98.4 cm³/mol. The van der Waals surface area contributed by atoms with Gasteiger partial charge in [-0.05, 0) is 31.1 Å². The third-order valence-electron chi connectivity index (χ3n) is 4.48. The van der Waals surface area contributed by atoms with Crippen LogP contribution < -0.4 is 5.32 Å². The van der Waals surface area contributed by atoms with Crippen molar-refractivity contribution in [2.24, 2.45) is 5.92 Å². The van der Waals surface area contributed by atoms with E-state index in [2.05, 4.69) is 27.1 Å². The summed E-state index contributed by atoms with van der Waals surface area (Å²) >= 11 is 0. The van der Waals surface area contributed by atoms with Crippen LogP contribution >= 0.6 is 0 Å². The molecule has 2 aromatic rings. The molecule has 0 saturated heterocycles. The zero-order valence-electron chi connectivity index (χ0n) is 14.3. The third-order valence-corrected chi connectivity index (χ3v) is 4.48. The Morgan fingerprint density at radius 2 is 2.27 bits per heavy atom. The van der Waals surface area contributed by atoms with E-state index < -0.39 is 5.82 Å². The zero-order chi connectivity index (χ0) is 18.3. The van der Waals surface area contributed by atoms with E-state index in [-0.39, 0.29) is 17.5 Å². The maximum Gasteiger partial charge on any atom is 0.228 e. The molecular formula is C19H18FN5O. The number of amides is 1. The fourth-order valence-corrected chi connectivity index (χ4v) is 2.90. The molecule has 2 N–H and O–H groups in total. The van der Waals surface area contributed by atoms with E-state index in [9.17, 15) is 9.18 Å². The van der Waals surface area contributed by atoms with E-state index in [1.54, 1.807) is 6.08 Å². The minimum absolute atomic E-state index is 0.0395. The number of hydrogen-bond acceptors (Lipinski definition) is 4. The summed E-state index contributed by atoms with van der Waals surface area (Å²) in [6, 6.07) is 1.34. The number of allylic oxidation sites excluding steroid dienone is 5. The van der Waals surface area contributed by atoms with Crippen molar-refractivity contribution < 1.29 is 9.18 Å². The lowest BCUT2D eigenvalue weighted by Crippen LogP contribution is -2.14. The van der Waals surface area contributed by atoms with Crippen LogP contribution in [0, 0.1) is 11.7 Å². The summed E-state index contributed by atoms with van der Waals surface area (Å²) in [6.45, 7) is 3.81. The Kier molecular flexibility index (Phi) is 3.91. The number of fused-ring (bicyclic) bond motifs is 1. The number of nitrogens with one attached hydrogen (secondary N) is 2. The third kappa shape index (κ3) is 2.81. The van der Waals surface area contributed by atoms with Gasteiger partial charge in [0.25, 0.3) is 0 Å². The molecule has 1 amide bonds. The molecule has 2 aromatic heterocycles. The Labute approximate surface area is 149 Å². The molecule has 132 valence electrons. The van der Waals surface area contributed by atoms with Crippen LogP contribution in [-0.2, 0) is 4.79 Å². The second-order valence-corrected chi connectivity index (χ2v) is 6.37. The van der Waals surface area contributed by atoms with Gasteiger partial charge in [-0.1, -0.05) is 18.7 Å². The highest BCUT2D eigenvalue weighted by molar-refractivity contribution is 6.00. The monoisotopic (exact) mass is 351 g/mol. The summed E-state index contributed by atoms with van der Waals surface area (Å²) in [7, 11) is 1.87. The van der Waals surface area contributed by atoms with Gasteiger partial charge in [0.1, 0.15) is 11.5 Å². The van der Waals surface area contributed by atoms with Crippen molar-refractivity contribution >= 4 is 28.3 Å². The molecule has 1 aliphatic carbocycles. The second-order valence-electron chi connectivity index (χ2n) is 6.37. The number of halogens is 1. The number of anilines is 1. The van der Waals surface area contributed by atoms with Crippen LogP contribution in [0.25, 0.3) is 16.6 Å². The number of aromatic amines is 1. The molecule has 4 rings (SSSR count). The van der Waals surface area contributed by atoms with E-state index in [0.29, 0.717) is 22.4 Å². The van der Waals surface area contributed by atoms with Gasteiger partial charge in [0.2, 0.25) is 5.91 Å². The Morgan fingerprint density at radius 3 is 2.96 bits per heavy atom. The van der Waals surface area contributed by atoms with Gasteiger partial charge in [-0.25, -0.2) is 9.37 Å². The van der Waals surface area contributed by atoms with Gasteiger partial charge in [-0.3, -0.25) is 9.89 Å². The molecular weight excluding hydrogens is 333 g/mol. The second kappa shape index (κ2) is 6.25. The van der Waals surface area contributed by atoms with E-state index >= 15 is 0 Å². The number of likely N-dealkylation sites (N-methyl/N-ethyl adjacent to an activating group) is 1. The van der Waals surface area contributed by atoms with Crippen LogP contribution in [0.15, 0.2) is 48.8 Å². The normalized spacial score (nSPS) is 18.3. The number of nitrogens with zero attached hydrogens (tertiary/aromatic N) is 3. The highest BCUT2D eigenvalue weighted by atomic mass is 19.1. The average molecular weight is 351 g/mol. The first kappa shape index (κ1) is 16.3. The number of carbonyl (C=O) groups is 1. The standard InChI is InChI=1S/C19H18FN5O/c1-3-12(15-6-4-5-9-25(15)2)16-14(20)10-13-17(21-16)23-24-18(13)22-19(26)11-7-8-11/h3-6,9-11H,1,7-8H2,2H3,(H2,21,22,23,24,26)/b15-12+. The Morgan fingerprint density at radius 1 is 1.46 bits per heavy atom. The fraction of sp³-hybridized carbons (Fsp3) is 0.211. The highest BCUT2D eigenvalue weighted by Gasteiger charge is 2.30. The fourth-order valence-electron chi connectivity index (χ4n) is 2.90. The van der Waals surface area contributed by atoms with Crippen molar-refractivity contribution in [3.8, 4) is 0 Å². The van der Waals surface area contributed by atoms with E-state index in [1.165, 1.54) is 6.07 Å². The van der Waals surface area contributed by atoms with Crippen molar-refractivity contribution in [3.63, 3.8) is 0 Å². The lowest BCUT2D eigenvalue weighted by atomic mass is 10.1. The quantitative estimate of drug-likeness (QED) is 0.886. The smallest absolute Gasteiger partial charge is 0.228 e. The Balaban J connectivity index is 1.77. The molecule has 1 fully saturated rings. The molecule has 0 unspecified atom stereocenters. The maximum atomic E-state index is 14.8. The van der Waals surface area contributed by atoms with Crippen molar-refractivity contribution in [3.05, 3.63) is 60.4 Å². The van der Waals surface area contributed by atoms with Gasteiger partial charge < -0.3 is 10.2 Å². The van der Waals surface area contributed by atoms with Crippen LogP contribution in [0.4, 0.5) is 10.2 Å². The van der Waals surface area contributed by atoms with Crippen molar-refractivity contribution in [2.75, 3.05) is 12.4 Å². The van der Waals surface area contributed by atoms with Gasteiger partial charge in [-0.15, -0.1) is 0 Å². The van der Waals surface area contributed by atoms with E-state index in [0.717, 1.165) is 18.5 Å². The maximum absolute atomic E-state index is 14.8. The number of H-pyrrole nitrogens is 1. The largest absolute Gasteiger partial charge is 0.351 e. The molecule has 1 saturated carbocycles. The first-order valence-electron chi connectivity index (χ1n) is 8.38. The summed E-state index contributed by atoms with van der Waals surface area (Å²) in [5, 5.41) is 10.0. The zero-order valence-corrected chi connectivity index (χ0v) is 14.3. The summed E-state index contributed by atoms with van der Waals surface area (Å²) in [6.07, 6.45) is 10.9. The molecule has 0 bridgehead atoms. The van der Waals surface area contributed by atoms with Gasteiger partial charge in [0.15, 0.2) is 11.5 Å². The first-order chi connectivity index (χ1) is 12.6. The molecule has 1 aliphatic heterocycles. The summed E-state index contributed by atoms with van der Waals surface area (Å²) < 4.78 is 14.8. The first-order valence-corrected chi connectivity index (χ1v) is 8.38. The number of hydrogen-bond donors (Lipinski definition) is 2. The van der Waals surface area contributed by atoms with Crippen molar-refractivity contribution in [2.45, 2.75) is 12.8 Å². The van der Waals surface area contributed by atoms with Gasteiger partial charge in [0.05, 0.1) is 5.39 Å². The van der Waals surface area contributed by atoms with Crippen LogP contribution in [0.3, 0.4) is 0 Å². The number of rotatable bonds is 4. The molecule has 0 atom stereocenters. The molecule has 0 radical (unpaired) electrons. The van der Waals surface area contributed by atoms with Crippen molar-refractivity contribution in [1.82, 2.24) is 20.1 Å². The minimum Gasteiger partial charge on any atom is -0.351 e. The summed E-state index contributed by atoms with van der Waals surface area (Å²) in [5.74, 6) is -0.241. The molecule has 2 aliphatic rings. The van der Waals surface area contributed by atoms with Crippen LogP contribution in [0.2, 0.25) is 0 Å². The number of aromatic nitrogens is 3. The molecule has 26 heavy (non-hydrogen) atoms. The predicted octanol–water partition coefficient (Wildman–Crippen LogP) is 3.36. The van der Waals surface area contributed by atoms with Gasteiger partial charge in [-0.2, -0.15) is 5.10 Å². The van der Waals surface area contributed by atoms with E-state index in [1.807, 2.05) is 36.4 Å². The Bertz CT molecular complexity index is 997. The minimum atomic E-state index is -0.500. The number of pyridine rings is 1. The van der Waals surface area contributed by atoms with Crippen LogP contribution in [-0.4, -0.2) is 33.0 Å². The lowest BCUT2D eigenvalue weighted by molar-refractivity contribution is -0.117. The van der Waals surface area contributed by atoms with E-state index in [4.69, 9.17) is 0 Å². The molecule has 0 spiro atoms. The number of carbonyl (C=O) groups excluding carboxylic acids is 1. The lowest BCUT2D eigenvalue weighted by Gasteiger charge is -2.21. The Hall–Kier alpha value is -3.22. The molecule has 6 nitrogen and oxygen atoms in total. The average Bonchev–Trinajstić information content (AvgIpc) is 3.42. The summed E-state index contributed by atoms with van der Waals surface area (Å²) in [5.41, 5.74) is 1.95. The van der Waals surface area contributed by atoms with Crippen molar-refractivity contribution in [1.29, 1.82) is 0 Å². The molecule has 7 heteroatoms. The van der Waals surface area contributed by atoms with Crippen LogP contribution in [0.1, 0.15) is 18.5 Å². The highest BCUT2D eigenvalue weighted by Crippen LogP contribution is 2.32. The van der Waals surface area contributed by atoms with Crippen LogP contribution in [0.5, 0.6) is 0 Å². The summed E-state index contributed by atoms with van der Waals surface area (Å²) in [4.78, 5) is 18.2.